The molecule has 0 N–H and O–H groups in total. The highest BCUT2D eigenvalue weighted by Crippen LogP contribution is 2.30. The Kier molecular flexibility index (Phi) is 3.83. The van der Waals surface area contributed by atoms with Gasteiger partial charge in [0.2, 0.25) is 0 Å². The second kappa shape index (κ2) is 4.73. The van der Waals surface area contributed by atoms with Crippen molar-refractivity contribution in [2.45, 2.75) is 39.5 Å². The molecular weight excluding hydrogens is 204 g/mol. The van der Waals surface area contributed by atoms with Gasteiger partial charge in [0.15, 0.2) is 0 Å². The highest BCUT2D eigenvalue weighted by Gasteiger charge is 2.11. The first-order chi connectivity index (χ1) is 6.97. The number of halogens is 1. The maximum absolute atomic E-state index is 6.23. The first kappa shape index (κ1) is 12.1. The minimum atomic E-state index is 0.408. The Bertz CT molecular complexity index is 395. The summed E-state index contributed by atoms with van der Waals surface area (Å²) in [6.45, 7) is 8.50. The van der Waals surface area contributed by atoms with E-state index in [-0.39, 0.29) is 0 Å². The van der Waals surface area contributed by atoms with Gasteiger partial charge in [-0.25, -0.2) is 0 Å². The van der Waals surface area contributed by atoms with Gasteiger partial charge < -0.3 is 0 Å². The van der Waals surface area contributed by atoms with Crippen molar-refractivity contribution in [2.24, 2.45) is 0 Å². The molecule has 0 aliphatic carbocycles. The third kappa shape index (κ3) is 2.55. The van der Waals surface area contributed by atoms with E-state index in [2.05, 4.69) is 33.6 Å². The van der Waals surface area contributed by atoms with E-state index >= 15 is 0 Å². The van der Waals surface area contributed by atoms with Crippen LogP contribution in [0.5, 0.6) is 0 Å². The molecule has 1 aromatic rings. The lowest BCUT2D eigenvalue weighted by molar-refractivity contribution is 0.842. The summed E-state index contributed by atoms with van der Waals surface area (Å²) in [5.74, 6) is 3.56. The van der Waals surface area contributed by atoms with Gasteiger partial charge in [0.1, 0.15) is 0 Å². The van der Waals surface area contributed by atoms with Gasteiger partial charge in [-0.1, -0.05) is 45.2 Å². The number of rotatable bonds is 2. The summed E-state index contributed by atoms with van der Waals surface area (Å²) in [7, 11) is 0. The van der Waals surface area contributed by atoms with Crippen LogP contribution < -0.4 is 0 Å². The molecule has 0 atom stereocenters. The molecule has 0 aliphatic rings. The zero-order valence-corrected chi connectivity index (χ0v) is 10.5. The molecule has 0 nitrogen and oxygen atoms in total. The lowest BCUT2D eigenvalue weighted by Crippen LogP contribution is -1.97. The standard InChI is InChI=1S/C14H17Cl/c1-6-11-7-13(10(4)5)14(15)8-12(11)9(2)3/h1,7-10H,2-5H3. The van der Waals surface area contributed by atoms with Crippen molar-refractivity contribution < 1.29 is 0 Å². The molecule has 1 aromatic carbocycles. The summed E-state index contributed by atoms with van der Waals surface area (Å²) in [5.41, 5.74) is 3.26. The van der Waals surface area contributed by atoms with Crippen molar-refractivity contribution in [2.75, 3.05) is 0 Å². The number of terminal acetylenes is 1. The monoisotopic (exact) mass is 220 g/mol. The summed E-state index contributed by atoms with van der Waals surface area (Å²) < 4.78 is 0. The molecule has 0 aromatic heterocycles. The molecule has 0 fully saturated rings. The van der Waals surface area contributed by atoms with Crippen LogP contribution in [0.1, 0.15) is 56.2 Å². The van der Waals surface area contributed by atoms with Crippen molar-refractivity contribution in [3.63, 3.8) is 0 Å². The summed E-state index contributed by atoms with van der Waals surface area (Å²) in [5, 5.41) is 0.827. The molecular formula is C14H17Cl. The Morgan fingerprint density at radius 1 is 1.07 bits per heavy atom. The maximum atomic E-state index is 6.23. The predicted molar refractivity (Wildman–Crippen MR) is 67.6 cm³/mol. The van der Waals surface area contributed by atoms with Crippen molar-refractivity contribution in [1.29, 1.82) is 0 Å². The van der Waals surface area contributed by atoms with E-state index in [4.69, 9.17) is 18.0 Å². The second-order valence-electron chi connectivity index (χ2n) is 4.41. The summed E-state index contributed by atoms with van der Waals surface area (Å²) in [6.07, 6.45) is 5.51. The zero-order chi connectivity index (χ0) is 11.6. The van der Waals surface area contributed by atoms with Gasteiger partial charge in [0.25, 0.3) is 0 Å². The third-order valence-corrected chi connectivity index (χ3v) is 2.90. The van der Waals surface area contributed by atoms with E-state index in [9.17, 15) is 0 Å². The molecule has 1 rings (SSSR count). The van der Waals surface area contributed by atoms with E-state index in [1.54, 1.807) is 0 Å². The van der Waals surface area contributed by atoms with Crippen LogP contribution in [0, 0.1) is 12.3 Å². The number of hydrogen-bond acceptors (Lipinski definition) is 0. The zero-order valence-electron chi connectivity index (χ0n) is 9.76. The molecule has 0 aliphatic heterocycles. The van der Waals surface area contributed by atoms with Gasteiger partial charge in [0.05, 0.1) is 0 Å². The van der Waals surface area contributed by atoms with Crippen LogP contribution in [0.25, 0.3) is 0 Å². The van der Waals surface area contributed by atoms with Crippen molar-refractivity contribution >= 4 is 11.6 Å². The van der Waals surface area contributed by atoms with E-state index < -0.39 is 0 Å². The highest BCUT2D eigenvalue weighted by atomic mass is 35.5. The molecule has 0 bridgehead atoms. The van der Waals surface area contributed by atoms with Crippen LogP contribution >= 0.6 is 11.6 Å². The first-order valence-electron chi connectivity index (χ1n) is 5.27. The molecule has 0 saturated heterocycles. The largest absolute Gasteiger partial charge is 0.115 e. The average Bonchev–Trinajstić information content (AvgIpc) is 2.16. The van der Waals surface area contributed by atoms with Crippen LogP contribution in [0.2, 0.25) is 5.02 Å². The minimum absolute atomic E-state index is 0.408. The van der Waals surface area contributed by atoms with Crippen molar-refractivity contribution in [3.05, 3.63) is 33.8 Å². The fraction of sp³-hybridized carbons (Fsp3) is 0.429. The Hall–Kier alpha value is -0.930. The molecule has 1 heteroatoms. The normalized spacial score (nSPS) is 10.8. The predicted octanol–water partition coefficient (Wildman–Crippen LogP) is 4.57. The van der Waals surface area contributed by atoms with Crippen molar-refractivity contribution in [3.8, 4) is 12.3 Å². The Morgan fingerprint density at radius 2 is 1.60 bits per heavy atom. The lowest BCUT2D eigenvalue weighted by atomic mass is 9.92. The maximum Gasteiger partial charge on any atom is 0.0444 e. The van der Waals surface area contributed by atoms with Gasteiger partial charge in [-0.05, 0) is 35.1 Å². The topological polar surface area (TPSA) is 0 Å². The molecule has 0 saturated carbocycles. The Balaban J connectivity index is 3.37. The molecule has 0 spiro atoms. The fourth-order valence-corrected chi connectivity index (χ4v) is 2.04. The van der Waals surface area contributed by atoms with Crippen LogP contribution in [-0.2, 0) is 0 Å². The lowest BCUT2D eigenvalue weighted by Gasteiger charge is -2.14. The quantitative estimate of drug-likeness (QED) is 0.641. The van der Waals surface area contributed by atoms with E-state index in [1.807, 2.05) is 12.1 Å². The number of hydrogen-bond donors (Lipinski definition) is 0. The molecule has 15 heavy (non-hydrogen) atoms. The Labute approximate surface area is 97.7 Å². The first-order valence-corrected chi connectivity index (χ1v) is 5.65. The number of benzene rings is 1. The van der Waals surface area contributed by atoms with Gasteiger partial charge >= 0.3 is 0 Å². The molecule has 0 amide bonds. The van der Waals surface area contributed by atoms with E-state index in [1.165, 1.54) is 0 Å². The summed E-state index contributed by atoms with van der Waals surface area (Å²) in [6, 6.07) is 4.05. The SMILES string of the molecule is C#Cc1cc(C(C)C)c(Cl)cc1C(C)C. The van der Waals surface area contributed by atoms with Crippen LogP contribution in [0.3, 0.4) is 0 Å². The summed E-state index contributed by atoms with van der Waals surface area (Å²) >= 11 is 6.23. The van der Waals surface area contributed by atoms with Crippen LogP contribution in [0.15, 0.2) is 12.1 Å². The third-order valence-electron chi connectivity index (χ3n) is 2.57. The van der Waals surface area contributed by atoms with E-state index in [0.717, 1.165) is 21.7 Å². The van der Waals surface area contributed by atoms with Crippen LogP contribution in [-0.4, -0.2) is 0 Å². The molecule has 0 radical (unpaired) electrons. The fourth-order valence-electron chi connectivity index (χ4n) is 1.65. The van der Waals surface area contributed by atoms with Gasteiger partial charge in [-0.2, -0.15) is 0 Å². The second-order valence-corrected chi connectivity index (χ2v) is 4.82. The van der Waals surface area contributed by atoms with Crippen molar-refractivity contribution in [1.82, 2.24) is 0 Å². The van der Waals surface area contributed by atoms with E-state index in [0.29, 0.717) is 11.8 Å². The van der Waals surface area contributed by atoms with Gasteiger partial charge in [-0.15, -0.1) is 6.42 Å². The molecule has 0 unspecified atom stereocenters. The Morgan fingerprint density at radius 3 is 2.00 bits per heavy atom. The average molecular weight is 221 g/mol. The highest BCUT2D eigenvalue weighted by molar-refractivity contribution is 6.31. The van der Waals surface area contributed by atoms with Crippen LogP contribution in [0.4, 0.5) is 0 Å². The molecule has 80 valence electrons. The minimum Gasteiger partial charge on any atom is -0.115 e. The summed E-state index contributed by atoms with van der Waals surface area (Å²) in [4.78, 5) is 0. The van der Waals surface area contributed by atoms with Gasteiger partial charge in [-0.3, -0.25) is 0 Å². The smallest absolute Gasteiger partial charge is 0.0444 e. The molecule has 0 heterocycles. The van der Waals surface area contributed by atoms with Gasteiger partial charge in [0, 0.05) is 10.6 Å².